The van der Waals surface area contributed by atoms with Gasteiger partial charge in [0.15, 0.2) is 0 Å². The Hall–Kier alpha value is -2.37. The normalized spacial score (nSPS) is 11.5. The third-order valence-electron chi connectivity index (χ3n) is 3.78. The van der Waals surface area contributed by atoms with Gasteiger partial charge in [-0.05, 0) is 6.92 Å². The molecule has 0 saturated heterocycles. The Morgan fingerprint density at radius 3 is 1.26 bits per heavy atom. The predicted molar refractivity (Wildman–Crippen MR) is 102 cm³/mol. The van der Waals surface area contributed by atoms with E-state index in [1.165, 1.54) is 15.9 Å². The number of nitrogens with zero attached hydrogens (tertiary/aromatic N) is 1. The first-order valence-corrected chi connectivity index (χ1v) is 9.51. The molecular weight excluding hydrogens is 297 g/mol. The van der Waals surface area contributed by atoms with Gasteiger partial charge < -0.3 is 0 Å². The minimum atomic E-state index is -2.03. The molecule has 0 unspecified atom stereocenters. The molecule has 114 valence electrons. The summed E-state index contributed by atoms with van der Waals surface area (Å²) in [4.78, 5) is 0. The van der Waals surface area contributed by atoms with Gasteiger partial charge >= 0.3 is 0 Å². The molecule has 23 heavy (non-hydrogen) atoms. The van der Waals surface area contributed by atoms with Crippen LogP contribution >= 0.6 is 7.05 Å². The fourth-order valence-electron chi connectivity index (χ4n) is 2.75. The number of hydrogen-bond donors (Lipinski definition) is 0. The zero-order chi connectivity index (χ0) is 16.0. The van der Waals surface area contributed by atoms with Crippen molar-refractivity contribution in [3.63, 3.8) is 0 Å². The molecular formula is C21H20NP. The highest BCUT2D eigenvalue weighted by atomic mass is 31.2. The SMILES string of the molecule is C/C=C/N=P(c1ccccc1)(c1ccccc1)c1ccccc1. The Balaban J connectivity index is 2.41. The van der Waals surface area contributed by atoms with E-state index in [0.29, 0.717) is 0 Å². The summed E-state index contributed by atoms with van der Waals surface area (Å²) < 4.78 is 5.12. The zero-order valence-electron chi connectivity index (χ0n) is 13.2. The molecule has 0 amide bonds. The Kier molecular flexibility index (Phi) is 4.90. The molecule has 0 bridgehead atoms. The molecule has 0 aliphatic rings. The van der Waals surface area contributed by atoms with Crippen molar-refractivity contribution in [2.75, 3.05) is 0 Å². The van der Waals surface area contributed by atoms with E-state index < -0.39 is 7.05 Å². The summed E-state index contributed by atoms with van der Waals surface area (Å²) in [6, 6.07) is 31.9. The zero-order valence-corrected chi connectivity index (χ0v) is 14.1. The summed E-state index contributed by atoms with van der Waals surface area (Å²) in [5.41, 5.74) is 0. The van der Waals surface area contributed by atoms with Gasteiger partial charge in [-0.25, -0.2) is 0 Å². The number of allylic oxidation sites excluding steroid dienone is 1. The number of benzene rings is 3. The van der Waals surface area contributed by atoms with E-state index in [2.05, 4.69) is 91.0 Å². The van der Waals surface area contributed by atoms with Crippen molar-refractivity contribution in [1.82, 2.24) is 0 Å². The lowest BCUT2D eigenvalue weighted by Gasteiger charge is -2.26. The van der Waals surface area contributed by atoms with E-state index in [4.69, 9.17) is 4.74 Å². The molecule has 3 rings (SSSR count). The molecule has 0 saturated carbocycles. The lowest BCUT2D eigenvalue weighted by Crippen LogP contribution is -2.25. The molecule has 0 aliphatic carbocycles. The van der Waals surface area contributed by atoms with E-state index in [0.717, 1.165) is 0 Å². The monoisotopic (exact) mass is 317 g/mol. The van der Waals surface area contributed by atoms with Crippen LogP contribution in [0.2, 0.25) is 0 Å². The van der Waals surface area contributed by atoms with Crippen molar-refractivity contribution >= 4 is 23.0 Å². The summed E-state index contributed by atoms with van der Waals surface area (Å²) >= 11 is 0. The highest BCUT2D eigenvalue weighted by Crippen LogP contribution is 2.46. The maximum atomic E-state index is 5.12. The first kappa shape index (κ1) is 15.5. The molecule has 3 aromatic rings. The molecule has 0 spiro atoms. The van der Waals surface area contributed by atoms with Crippen molar-refractivity contribution in [1.29, 1.82) is 0 Å². The average Bonchev–Trinajstić information content (AvgIpc) is 2.65. The van der Waals surface area contributed by atoms with Gasteiger partial charge in [-0.15, -0.1) is 0 Å². The molecule has 2 heteroatoms. The van der Waals surface area contributed by atoms with E-state index in [-0.39, 0.29) is 0 Å². The molecule has 1 nitrogen and oxygen atoms in total. The fourth-order valence-corrected chi connectivity index (χ4v) is 6.18. The maximum absolute atomic E-state index is 5.12. The van der Waals surface area contributed by atoms with E-state index in [1.807, 2.05) is 19.2 Å². The van der Waals surface area contributed by atoms with Crippen LogP contribution in [-0.4, -0.2) is 0 Å². The van der Waals surface area contributed by atoms with Gasteiger partial charge in [0.2, 0.25) is 0 Å². The van der Waals surface area contributed by atoms with Gasteiger partial charge in [-0.1, -0.05) is 97.1 Å². The molecule has 0 atom stereocenters. The second-order valence-electron chi connectivity index (χ2n) is 5.24. The molecule has 0 radical (unpaired) electrons. The van der Waals surface area contributed by atoms with Crippen LogP contribution in [0.5, 0.6) is 0 Å². The van der Waals surface area contributed by atoms with Crippen LogP contribution < -0.4 is 15.9 Å². The van der Waals surface area contributed by atoms with Crippen molar-refractivity contribution in [3.8, 4) is 0 Å². The molecule has 0 N–H and O–H groups in total. The van der Waals surface area contributed by atoms with Crippen molar-refractivity contribution in [3.05, 3.63) is 103 Å². The number of hydrogen-bond acceptors (Lipinski definition) is 1. The largest absolute Gasteiger partial charge is 0.262 e. The maximum Gasteiger partial charge on any atom is 0.0604 e. The fraction of sp³-hybridized carbons (Fsp3) is 0.0476. The van der Waals surface area contributed by atoms with Gasteiger partial charge in [0.05, 0.1) is 7.05 Å². The van der Waals surface area contributed by atoms with Crippen LogP contribution in [0.3, 0.4) is 0 Å². The minimum Gasteiger partial charge on any atom is -0.262 e. The number of rotatable bonds is 4. The minimum absolute atomic E-state index is 1.27. The second-order valence-corrected chi connectivity index (χ2v) is 8.29. The van der Waals surface area contributed by atoms with Crippen LogP contribution in [0.1, 0.15) is 6.92 Å². The summed E-state index contributed by atoms with van der Waals surface area (Å²) in [5.74, 6) is 0. The van der Waals surface area contributed by atoms with Gasteiger partial charge in [0.25, 0.3) is 0 Å². The van der Waals surface area contributed by atoms with Crippen LogP contribution in [0.4, 0.5) is 0 Å². The summed E-state index contributed by atoms with van der Waals surface area (Å²) in [5, 5.41) is 3.82. The third-order valence-corrected chi connectivity index (χ3v) is 7.39. The van der Waals surface area contributed by atoms with Crippen LogP contribution in [-0.2, 0) is 0 Å². The first-order chi connectivity index (χ1) is 11.4. The lowest BCUT2D eigenvalue weighted by atomic mass is 10.4. The van der Waals surface area contributed by atoms with E-state index in [9.17, 15) is 0 Å². The van der Waals surface area contributed by atoms with Crippen LogP contribution in [0, 0.1) is 0 Å². The molecule has 0 aromatic heterocycles. The summed E-state index contributed by atoms with van der Waals surface area (Å²) in [7, 11) is -2.03. The van der Waals surface area contributed by atoms with Crippen molar-refractivity contribution in [2.24, 2.45) is 4.74 Å². The predicted octanol–water partition coefficient (Wildman–Crippen LogP) is 4.70. The highest BCUT2D eigenvalue weighted by molar-refractivity contribution is 7.87. The van der Waals surface area contributed by atoms with E-state index in [1.54, 1.807) is 0 Å². The van der Waals surface area contributed by atoms with Crippen molar-refractivity contribution < 1.29 is 0 Å². The molecule has 0 aliphatic heterocycles. The summed E-state index contributed by atoms with van der Waals surface area (Å²) in [6.07, 6.45) is 3.95. The van der Waals surface area contributed by atoms with Gasteiger partial charge in [0, 0.05) is 22.1 Å². The Morgan fingerprint density at radius 1 is 0.609 bits per heavy atom. The van der Waals surface area contributed by atoms with E-state index >= 15 is 0 Å². The topological polar surface area (TPSA) is 12.4 Å². The van der Waals surface area contributed by atoms with Crippen LogP contribution in [0.25, 0.3) is 0 Å². The smallest absolute Gasteiger partial charge is 0.0604 e. The van der Waals surface area contributed by atoms with Gasteiger partial charge in [-0.3, -0.25) is 4.74 Å². The summed E-state index contributed by atoms with van der Waals surface area (Å²) in [6.45, 7) is 2.01. The van der Waals surface area contributed by atoms with Crippen LogP contribution in [0.15, 0.2) is 108 Å². The highest BCUT2D eigenvalue weighted by Gasteiger charge is 2.26. The Morgan fingerprint density at radius 2 is 0.957 bits per heavy atom. The lowest BCUT2D eigenvalue weighted by molar-refractivity contribution is 1.56. The standard InChI is InChI=1S/C21H20NP/c1-2-18-22-23(19-12-6-3-7-13-19,20-14-8-4-9-15-20)21-16-10-5-11-17-21/h2-18H,1H3/b18-2+. The third kappa shape index (κ3) is 3.06. The average molecular weight is 317 g/mol. The Bertz CT molecular complexity index is 718. The Labute approximate surface area is 138 Å². The van der Waals surface area contributed by atoms with Gasteiger partial charge in [-0.2, -0.15) is 0 Å². The first-order valence-electron chi connectivity index (χ1n) is 7.77. The second kappa shape index (κ2) is 7.26. The van der Waals surface area contributed by atoms with Crippen molar-refractivity contribution in [2.45, 2.75) is 6.92 Å². The quantitative estimate of drug-likeness (QED) is 0.619. The molecule has 0 heterocycles. The molecule has 3 aromatic carbocycles. The van der Waals surface area contributed by atoms with Gasteiger partial charge in [0.1, 0.15) is 0 Å². The molecule has 0 fully saturated rings.